The summed E-state index contributed by atoms with van der Waals surface area (Å²) in [5, 5.41) is 12.5. The van der Waals surface area contributed by atoms with E-state index in [4.69, 9.17) is 9.47 Å². The fraction of sp³-hybridized carbons (Fsp3) is 0.158. The number of carbonyl (C=O) groups is 1. The van der Waals surface area contributed by atoms with Crippen LogP contribution in [0.15, 0.2) is 52.6 Å². The predicted molar refractivity (Wildman–Crippen MR) is 105 cm³/mol. The lowest BCUT2D eigenvalue weighted by Crippen LogP contribution is -2.35. The number of hydrogen-bond donors (Lipinski definition) is 2. The Balaban J connectivity index is 1.71. The Hall–Kier alpha value is -3.53. The molecule has 9 nitrogen and oxygen atoms in total. The average Bonchev–Trinajstić information content (AvgIpc) is 3.14. The topological polar surface area (TPSA) is 118 Å². The van der Waals surface area contributed by atoms with Crippen LogP contribution in [0.1, 0.15) is 11.1 Å². The number of likely N-dealkylation sites (N-methyl/N-ethyl adjacent to an activating group) is 1. The van der Waals surface area contributed by atoms with E-state index in [1.165, 1.54) is 19.2 Å². The molecule has 0 fully saturated rings. The molecule has 0 radical (unpaired) electrons. The highest BCUT2D eigenvalue weighted by Gasteiger charge is 2.31. The monoisotopic (exact) mass is 415 g/mol. The highest BCUT2D eigenvalue weighted by Crippen LogP contribution is 2.34. The summed E-state index contributed by atoms with van der Waals surface area (Å²) in [5.74, 6) is 0.174. The SMILES string of the molecule is Cc1ccc(O)c(NC(=O)C2=CC(c3ccc4c(c3)OCO4)=NS(=O)(=O)N2C)c1. The number of aromatic hydroxyl groups is 1. The van der Waals surface area contributed by atoms with Crippen LogP contribution in [0.5, 0.6) is 17.2 Å². The van der Waals surface area contributed by atoms with E-state index in [2.05, 4.69) is 9.71 Å². The van der Waals surface area contributed by atoms with Crippen molar-refractivity contribution in [3.63, 3.8) is 0 Å². The molecule has 0 aromatic heterocycles. The lowest BCUT2D eigenvalue weighted by Gasteiger charge is -2.23. The van der Waals surface area contributed by atoms with E-state index in [1.807, 2.05) is 0 Å². The third-order valence-electron chi connectivity index (χ3n) is 4.47. The van der Waals surface area contributed by atoms with E-state index in [0.29, 0.717) is 17.1 Å². The smallest absolute Gasteiger partial charge is 0.345 e. The Morgan fingerprint density at radius 3 is 2.72 bits per heavy atom. The first-order valence-corrected chi connectivity index (χ1v) is 9.96. The molecule has 150 valence electrons. The number of phenolic OH excluding ortho intramolecular Hbond substituents is 1. The third-order valence-corrected chi connectivity index (χ3v) is 5.79. The van der Waals surface area contributed by atoms with Gasteiger partial charge < -0.3 is 19.9 Å². The van der Waals surface area contributed by atoms with Crippen LogP contribution in [0.3, 0.4) is 0 Å². The minimum Gasteiger partial charge on any atom is -0.506 e. The molecule has 2 aromatic carbocycles. The van der Waals surface area contributed by atoms with Gasteiger partial charge in [0.15, 0.2) is 11.5 Å². The van der Waals surface area contributed by atoms with Crippen molar-refractivity contribution in [2.75, 3.05) is 19.2 Å². The Bertz CT molecular complexity index is 1190. The zero-order chi connectivity index (χ0) is 20.8. The highest BCUT2D eigenvalue weighted by molar-refractivity contribution is 7.88. The van der Waals surface area contributed by atoms with Gasteiger partial charge in [-0.15, -0.1) is 4.40 Å². The van der Waals surface area contributed by atoms with Gasteiger partial charge in [-0.3, -0.25) is 4.79 Å². The molecule has 2 aromatic rings. The molecule has 0 spiro atoms. The van der Waals surface area contributed by atoms with Crippen LogP contribution in [0.4, 0.5) is 5.69 Å². The van der Waals surface area contributed by atoms with Crippen LogP contribution in [-0.2, 0) is 15.0 Å². The minimum atomic E-state index is -4.12. The molecule has 4 rings (SSSR count). The van der Waals surface area contributed by atoms with Crippen LogP contribution in [0.25, 0.3) is 0 Å². The van der Waals surface area contributed by atoms with E-state index in [1.54, 1.807) is 37.3 Å². The number of ether oxygens (including phenoxy) is 2. The number of hydrogen-bond acceptors (Lipinski definition) is 6. The molecule has 0 aliphatic carbocycles. The Labute approximate surface area is 167 Å². The number of carbonyl (C=O) groups excluding carboxylic acids is 1. The van der Waals surface area contributed by atoms with Gasteiger partial charge in [-0.1, -0.05) is 6.07 Å². The number of benzene rings is 2. The first-order valence-electron chi connectivity index (χ1n) is 8.56. The first-order chi connectivity index (χ1) is 13.7. The molecule has 0 saturated carbocycles. The predicted octanol–water partition coefficient (Wildman–Crippen LogP) is 1.93. The Kier molecular flexibility index (Phi) is 4.42. The van der Waals surface area contributed by atoms with Gasteiger partial charge in [0, 0.05) is 12.6 Å². The summed E-state index contributed by atoms with van der Waals surface area (Å²) in [4.78, 5) is 12.8. The van der Waals surface area contributed by atoms with Gasteiger partial charge in [0.1, 0.15) is 11.4 Å². The van der Waals surface area contributed by atoms with Gasteiger partial charge in [-0.05, 0) is 48.9 Å². The Morgan fingerprint density at radius 1 is 1.17 bits per heavy atom. The van der Waals surface area contributed by atoms with Gasteiger partial charge in [-0.25, -0.2) is 4.31 Å². The van der Waals surface area contributed by atoms with E-state index in [-0.39, 0.29) is 29.6 Å². The standard InChI is InChI=1S/C19H17N3O6S/c1-11-3-5-16(23)14(7-11)20-19(24)15-9-13(21-29(25,26)22(15)2)12-4-6-17-18(8-12)28-10-27-17/h3-9,23H,10H2,1-2H3,(H,20,24). The molecule has 0 bridgehead atoms. The highest BCUT2D eigenvalue weighted by atomic mass is 32.2. The summed E-state index contributed by atoms with van der Waals surface area (Å²) in [7, 11) is -2.89. The number of nitrogens with zero attached hydrogens (tertiary/aromatic N) is 2. The number of phenols is 1. The normalized spacial score (nSPS) is 16.8. The van der Waals surface area contributed by atoms with Crippen molar-refractivity contribution in [1.29, 1.82) is 0 Å². The molecular formula is C19H17N3O6S. The maximum Gasteiger partial charge on any atom is 0.345 e. The van der Waals surface area contributed by atoms with Crippen molar-refractivity contribution in [2.24, 2.45) is 4.40 Å². The van der Waals surface area contributed by atoms with Crippen molar-refractivity contribution in [2.45, 2.75) is 6.92 Å². The van der Waals surface area contributed by atoms with Crippen LogP contribution < -0.4 is 14.8 Å². The Morgan fingerprint density at radius 2 is 1.93 bits per heavy atom. The lowest BCUT2D eigenvalue weighted by molar-refractivity contribution is -0.113. The molecule has 2 heterocycles. The first kappa shape index (κ1) is 18.8. The zero-order valence-electron chi connectivity index (χ0n) is 15.5. The summed E-state index contributed by atoms with van der Waals surface area (Å²) in [6.45, 7) is 1.88. The van der Waals surface area contributed by atoms with E-state index < -0.39 is 16.1 Å². The van der Waals surface area contributed by atoms with Gasteiger partial charge in [0.05, 0.1) is 11.4 Å². The maximum absolute atomic E-state index is 12.8. The quantitative estimate of drug-likeness (QED) is 0.740. The van der Waals surface area contributed by atoms with Crippen LogP contribution in [0, 0.1) is 6.92 Å². The summed E-state index contributed by atoms with van der Waals surface area (Å²) in [5.41, 5.74) is 1.39. The second-order valence-corrected chi connectivity index (χ2v) is 8.12. The average molecular weight is 415 g/mol. The lowest BCUT2D eigenvalue weighted by atomic mass is 10.1. The van der Waals surface area contributed by atoms with Crippen molar-refractivity contribution in [3.05, 3.63) is 59.3 Å². The number of rotatable bonds is 3. The van der Waals surface area contributed by atoms with E-state index in [9.17, 15) is 18.3 Å². The number of amides is 1. The number of allylic oxidation sites excluding steroid dienone is 1. The molecule has 0 saturated heterocycles. The van der Waals surface area contributed by atoms with Crippen molar-refractivity contribution in [3.8, 4) is 17.2 Å². The molecular weight excluding hydrogens is 398 g/mol. The van der Waals surface area contributed by atoms with E-state index in [0.717, 1.165) is 9.87 Å². The number of aryl methyl sites for hydroxylation is 1. The van der Waals surface area contributed by atoms with Gasteiger partial charge >= 0.3 is 10.2 Å². The van der Waals surface area contributed by atoms with Crippen molar-refractivity contribution in [1.82, 2.24) is 4.31 Å². The van der Waals surface area contributed by atoms with Crippen LogP contribution in [0.2, 0.25) is 0 Å². The summed E-state index contributed by atoms with van der Waals surface area (Å²) in [6, 6.07) is 9.58. The second-order valence-electron chi connectivity index (χ2n) is 6.49. The van der Waals surface area contributed by atoms with Crippen molar-refractivity contribution >= 4 is 27.5 Å². The minimum absolute atomic E-state index is 0.0791. The fourth-order valence-electron chi connectivity index (χ4n) is 2.89. The number of fused-ring (bicyclic) bond motifs is 1. The third kappa shape index (κ3) is 3.49. The van der Waals surface area contributed by atoms with Crippen molar-refractivity contribution < 1.29 is 27.8 Å². The molecule has 29 heavy (non-hydrogen) atoms. The van der Waals surface area contributed by atoms with Gasteiger partial charge in [-0.2, -0.15) is 8.42 Å². The van der Waals surface area contributed by atoms with E-state index >= 15 is 0 Å². The van der Waals surface area contributed by atoms with Crippen LogP contribution in [-0.4, -0.2) is 43.3 Å². The summed E-state index contributed by atoms with van der Waals surface area (Å²) >= 11 is 0. The molecule has 1 amide bonds. The van der Waals surface area contributed by atoms with Gasteiger partial charge in [0.25, 0.3) is 5.91 Å². The summed E-state index contributed by atoms with van der Waals surface area (Å²) in [6.07, 6.45) is 1.36. The molecule has 2 aliphatic rings. The van der Waals surface area contributed by atoms with Gasteiger partial charge in [0.2, 0.25) is 6.79 Å². The molecule has 10 heteroatoms. The molecule has 2 aliphatic heterocycles. The zero-order valence-corrected chi connectivity index (χ0v) is 16.4. The number of nitrogens with one attached hydrogen (secondary N) is 1. The molecule has 2 N–H and O–H groups in total. The maximum atomic E-state index is 12.8. The largest absolute Gasteiger partial charge is 0.506 e. The van der Waals surface area contributed by atoms with Crippen LogP contribution >= 0.6 is 0 Å². The number of anilines is 1. The summed E-state index contributed by atoms with van der Waals surface area (Å²) < 4.78 is 40.1. The molecule has 0 unspecified atom stereocenters. The second kappa shape index (κ2) is 6.82. The fourth-order valence-corrected chi connectivity index (χ4v) is 3.81. The molecule has 0 atom stereocenters.